The van der Waals surface area contributed by atoms with Gasteiger partial charge in [0.1, 0.15) is 0 Å². The Morgan fingerprint density at radius 2 is 1.80 bits per heavy atom. The third-order valence-corrected chi connectivity index (χ3v) is 2.72. The first-order valence-electron chi connectivity index (χ1n) is 5.29. The van der Waals surface area contributed by atoms with Crippen LogP contribution in [0.15, 0.2) is 35.7 Å². The van der Waals surface area contributed by atoms with Gasteiger partial charge in [0.15, 0.2) is 0 Å². The van der Waals surface area contributed by atoms with Crippen molar-refractivity contribution in [1.29, 1.82) is 0 Å². The summed E-state index contributed by atoms with van der Waals surface area (Å²) in [5.41, 5.74) is 2.50. The fourth-order valence-corrected chi connectivity index (χ4v) is 1.91. The Bertz CT molecular complexity index is 378. The molecule has 15 heavy (non-hydrogen) atoms. The molecule has 0 radical (unpaired) electrons. The van der Waals surface area contributed by atoms with Gasteiger partial charge in [0.2, 0.25) is 0 Å². The van der Waals surface area contributed by atoms with Crippen molar-refractivity contribution in [2.75, 3.05) is 0 Å². The first-order chi connectivity index (χ1) is 7.34. The van der Waals surface area contributed by atoms with Crippen LogP contribution < -0.4 is 0 Å². The molecule has 2 rings (SSSR count). The molecule has 2 aromatic rings. The number of thiazole rings is 1. The summed E-state index contributed by atoms with van der Waals surface area (Å²) in [5, 5.41) is 3.27. The summed E-state index contributed by atoms with van der Waals surface area (Å²) >= 11 is 1.71. The number of aromatic nitrogens is 1. The van der Waals surface area contributed by atoms with Gasteiger partial charge in [0.05, 0.1) is 10.7 Å². The molecule has 0 bridgehead atoms. The standard InChI is InChI=1S/C11H11NS.C2H6/c1-9-12-11(8-13-9)7-10-5-3-2-4-6-10;1-2/h2-6,8H,7H2,1H3;1-2H3. The monoisotopic (exact) mass is 219 g/mol. The van der Waals surface area contributed by atoms with Gasteiger partial charge in [0.25, 0.3) is 0 Å². The van der Waals surface area contributed by atoms with Gasteiger partial charge in [0, 0.05) is 11.8 Å². The molecule has 1 aromatic carbocycles. The molecule has 0 aliphatic rings. The van der Waals surface area contributed by atoms with E-state index in [4.69, 9.17) is 0 Å². The van der Waals surface area contributed by atoms with Crippen LogP contribution in [0, 0.1) is 6.92 Å². The number of nitrogens with zero attached hydrogens (tertiary/aromatic N) is 1. The highest BCUT2D eigenvalue weighted by molar-refractivity contribution is 7.09. The van der Waals surface area contributed by atoms with Gasteiger partial charge in [-0.15, -0.1) is 11.3 Å². The van der Waals surface area contributed by atoms with Crippen LogP contribution in [0.2, 0.25) is 0 Å². The van der Waals surface area contributed by atoms with Crippen LogP contribution in [0.5, 0.6) is 0 Å². The maximum Gasteiger partial charge on any atom is 0.0897 e. The lowest BCUT2D eigenvalue weighted by Gasteiger charge is -1.95. The van der Waals surface area contributed by atoms with E-state index in [0.29, 0.717) is 0 Å². The van der Waals surface area contributed by atoms with Crippen molar-refractivity contribution in [2.24, 2.45) is 0 Å². The van der Waals surface area contributed by atoms with Crippen LogP contribution in [0.25, 0.3) is 0 Å². The van der Waals surface area contributed by atoms with E-state index in [1.165, 1.54) is 11.3 Å². The molecule has 1 aromatic heterocycles. The molecule has 0 aliphatic heterocycles. The zero-order valence-electron chi connectivity index (χ0n) is 9.53. The molecule has 0 atom stereocenters. The molecular weight excluding hydrogens is 202 g/mol. The smallest absolute Gasteiger partial charge is 0.0897 e. The lowest BCUT2D eigenvalue weighted by molar-refractivity contribution is 1.08. The highest BCUT2D eigenvalue weighted by atomic mass is 32.1. The maximum atomic E-state index is 4.42. The Hall–Kier alpha value is -1.15. The van der Waals surface area contributed by atoms with Crippen LogP contribution in [-0.2, 0) is 6.42 Å². The summed E-state index contributed by atoms with van der Waals surface area (Å²) in [7, 11) is 0. The normalized spacial score (nSPS) is 9.27. The Balaban J connectivity index is 0.000000531. The van der Waals surface area contributed by atoms with Gasteiger partial charge < -0.3 is 0 Å². The molecule has 1 nitrogen and oxygen atoms in total. The van der Waals surface area contributed by atoms with Crippen molar-refractivity contribution in [3.8, 4) is 0 Å². The minimum Gasteiger partial charge on any atom is -0.246 e. The highest BCUT2D eigenvalue weighted by Gasteiger charge is 1.98. The predicted molar refractivity (Wildman–Crippen MR) is 67.4 cm³/mol. The van der Waals surface area contributed by atoms with E-state index >= 15 is 0 Å². The number of benzene rings is 1. The van der Waals surface area contributed by atoms with E-state index in [1.807, 2.05) is 26.8 Å². The lowest BCUT2D eigenvalue weighted by atomic mass is 10.1. The van der Waals surface area contributed by atoms with Crippen LogP contribution in [0.1, 0.15) is 30.1 Å². The van der Waals surface area contributed by atoms with Crippen molar-refractivity contribution in [1.82, 2.24) is 4.98 Å². The van der Waals surface area contributed by atoms with E-state index in [2.05, 4.69) is 34.6 Å². The number of aryl methyl sites for hydroxylation is 1. The predicted octanol–water partition coefficient (Wildman–Crippen LogP) is 4.07. The minimum absolute atomic E-state index is 0.950. The molecule has 0 aliphatic carbocycles. The highest BCUT2D eigenvalue weighted by Crippen LogP contribution is 2.12. The van der Waals surface area contributed by atoms with Crippen molar-refractivity contribution >= 4 is 11.3 Å². The van der Waals surface area contributed by atoms with E-state index in [9.17, 15) is 0 Å². The molecule has 0 N–H and O–H groups in total. The third-order valence-electron chi connectivity index (χ3n) is 1.89. The van der Waals surface area contributed by atoms with E-state index in [0.717, 1.165) is 11.4 Å². The average Bonchev–Trinajstić information content (AvgIpc) is 2.68. The number of hydrogen-bond acceptors (Lipinski definition) is 2. The van der Waals surface area contributed by atoms with Crippen LogP contribution in [-0.4, -0.2) is 4.98 Å². The number of rotatable bonds is 2. The summed E-state index contributed by atoms with van der Waals surface area (Å²) < 4.78 is 0. The topological polar surface area (TPSA) is 12.9 Å². The average molecular weight is 219 g/mol. The Labute approximate surface area is 95.8 Å². The third kappa shape index (κ3) is 3.84. The second-order valence-corrected chi connectivity index (χ2v) is 4.08. The minimum atomic E-state index is 0.950. The Morgan fingerprint density at radius 3 is 2.33 bits per heavy atom. The van der Waals surface area contributed by atoms with Gasteiger partial charge in [-0.1, -0.05) is 44.2 Å². The first-order valence-corrected chi connectivity index (χ1v) is 6.17. The van der Waals surface area contributed by atoms with Gasteiger partial charge in [-0.25, -0.2) is 4.98 Å². The molecule has 0 spiro atoms. The summed E-state index contributed by atoms with van der Waals surface area (Å²) in [5.74, 6) is 0. The Kier molecular flexibility index (Phi) is 5.05. The van der Waals surface area contributed by atoms with Crippen molar-refractivity contribution in [2.45, 2.75) is 27.2 Å². The lowest BCUT2D eigenvalue weighted by Crippen LogP contribution is -1.87. The van der Waals surface area contributed by atoms with E-state index in [-0.39, 0.29) is 0 Å². The van der Waals surface area contributed by atoms with Crippen LogP contribution >= 0.6 is 11.3 Å². The molecule has 80 valence electrons. The van der Waals surface area contributed by atoms with Crippen molar-refractivity contribution < 1.29 is 0 Å². The zero-order valence-corrected chi connectivity index (χ0v) is 10.3. The summed E-state index contributed by atoms with van der Waals surface area (Å²) in [6.07, 6.45) is 0.950. The van der Waals surface area contributed by atoms with E-state index < -0.39 is 0 Å². The largest absolute Gasteiger partial charge is 0.246 e. The fraction of sp³-hybridized carbons (Fsp3) is 0.308. The quantitative estimate of drug-likeness (QED) is 0.742. The second kappa shape index (κ2) is 6.36. The van der Waals surface area contributed by atoms with Gasteiger partial charge in [-0.3, -0.25) is 0 Å². The molecular formula is C13H17NS. The molecule has 2 heteroatoms. The second-order valence-electron chi connectivity index (χ2n) is 3.02. The summed E-state index contributed by atoms with van der Waals surface area (Å²) in [6, 6.07) is 10.4. The molecule has 0 amide bonds. The van der Waals surface area contributed by atoms with Crippen LogP contribution in [0.3, 0.4) is 0 Å². The zero-order chi connectivity index (χ0) is 11.1. The fourth-order valence-electron chi connectivity index (χ4n) is 1.29. The van der Waals surface area contributed by atoms with Crippen LogP contribution in [0.4, 0.5) is 0 Å². The first kappa shape index (κ1) is 11.9. The van der Waals surface area contributed by atoms with E-state index in [1.54, 1.807) is 11.3 Å². The van der Waals surface area contributed by atoms with Gasteiger partial charge in [-0.05, 0) is 12.5 Å². The molecule has 1 heterocycles. The van der Waals surface area contributed by atoms with Crippen molar-refractivity contribution in [3.05, 3.63) is 52.0 Å². The Morgan fingerprint density at radius 1 is 1.13 bits per heavy atom. The molecule has 0 saturated heterocycles. The van der Waals surface area contributed by atoms with Gasteiger partial charge in [-0.2, -0.15) is 0 Å². The van der Waals surface area contributed by atoms with Gasteiger partial charge >= 0.3 is 0 Å². The van der Waals surface area contributed by atoms with Crippen molar-refractivity contribution in [3.63, 3.8) is 0 Å². The summed E-state index contributed by atoms with van der Waals surface area (Å²) in [6.45, 7) is 6.04. The molecule has 0 saturated carbocycles. The molecule has 0 fully saturated rings. The molecule has 0 unspecified atom stereocenters. The SMILES string of the molecule is CC.Cc1nc(Cc2ccccc2)cs1. The summed E-state index contributed by atoms with van der Waals surface area (Å²) in [4.78, 5) is 4.42. The number of hydrogen-bond donors (Lipinski definition) is 0. The maximum absolute atomic E-state index is 4.42.